The Labute approximate surface area is 124 Å². The predicted octanol–water partition coefficient (Wildman–Crippen LogP) is 3.37. The Morgan fingerprint density at radius 1 is 1.05 bits per heavy atom. The number of rotatable bonds is 4. The highest BCUT2D eigenvalue weighted by atomic mass is 19.1. The first kappa shape index (κ1) is 15.3. The number of nitrogens with two attached hydrogens (primary N) is 1. The number of halogens is 1. The third-order valence-corrected chi connectivity index (χ3v) is 3.72. The van der Waals surface area contributed by atoms with Gasteiger partial charge in [0.1, 0.15) is 17.3 Å². The Hall–Kier alpha value is -2.07. The van der Waals surface area contributed by atoms with Crippen LogP contribution in [0, 0.1) is 12.7 Å². The van der Waals surface area contributed by atoms with Gasteiger partial charge in [0.15, 0.2) is 0 Å². The molecule has 4 heteroatoms. The summed E-state index contributed by atoms with van der Waals surface area (Å²) in [6, 6.07) is 10.5. The Morgan fingerprint density at radius 2 is 1.62 bits per heavy atom. The standard InChI is InChI=1S/C17H20FNO2/c1-11-8-9-12(10-13(11)18)17(2,19)16-14(20-3)6-5-7-15(16)21-4/h5-10H,19H2,1-4H3. The Balaban J connectivity index is 2.65. The van der Waals surface area contributed by atoms with Crippen LogP contribution >= 0.6 is 0 Å². The number of methoxy groups -OCH3 is 2. The summed E-state index contributed by atoms with van der Waals surface area (Å²) >= 11 is 0. The van der Waals surface area contributed by atoms with Crippen molar-refractivity contribution in [2.24, 2.45) is 5.73 Å². The van der Waals surface area contributed by atoms with Gasteiger partial charge in [-0.05, 0) is 43.2 Å². The van der Waals surface area contributed by atoms with Gasteiger partial charge in [-0.15, -0.1) is 0 Å². The van der Waals surface area contributed by atoms with Crippen LogP contribution in [-0.2, 0) is 5.54 Å². The molecule has 3 nitrogen and oxygen atoms in total. The predicted molar refractivity (Wildman–Crippen MR) is 81.3 cm³/mol. The largest absolute Gasteiger partial charge is 0.496 e. The minimum atomic E-state index is -0.938. The number of benzene rings is 2. The first-order valence-corrected chi connectivity index (χ1v) is 6.68. The molecule has 0 bridgehead atoms. The van der Waals surface area contributed by atoms with Crippen molar-refractivity contribution in [3.05, 3.63) is 58.9 Å². The smallest absolute Gasteiger partial charge is 0.127 e. The van der Waals surface area contributed by atoms with E-state index in [0.717, 1.165) is 0 Å². The molecular formula is C17H20FNO2. The zero-order chi connectivity index (χ0) is 15.6. The van der Waals surface area contributed by atoms with E-state index in [2.05, 4.69) is 0 Å². The average molecular weight is 289 g/mol. The molecule has 0 spiro atoms. The third kappa shape index (κ3) is 2.72. The number of aryl methyl sites for hydroxylation is 1. The second kappa shape index (κ2) is 5.74. The fraction of sp³-hybridized carbons (Fsp3) is 0.294. The van der Waals surface area contributed by atoms with Crippen LogP contribution in [0.4, 0.5) is 4.39 Å². The van der Waals surface area contributed by atoms with Crippen molar-refractivity contribution in [1.82, 2.24) is 0 Å². The van der Waals surface area contributed by atoms with Crippen molar-refractivity contribution in [1.29, 1.82) is 0 Å². The second-order valence-corrected chi connectivity index (χ2v) is 5.20. The normalized spacial score (nSPS) is 13.6. The molecule has 2 rings (SSSR count). The second-order valence-electron chi connectivity index (χ2n) is 5.20. The number of hydrogen-bond donors (Lipinski definition) is 1. The summed E-state index contributed by atoms with van der Waals surface area (Å²) in [4.78, 5) is 0. The van der Waals surface area contributed by atoms with Gasteiger partial charge in [-0.2, -0.15) is 0 Å². The highest BCUT2D eigenvalue weighted by Crippen LogP contribution is 2.40. The van der Waals surface area contributed by atoms with Gasteiger partial charge >= 0.3 is 0 Å². The van der Waals surface area contributed by atoms with Crippen molar-refractivity contribution in [2.75, 3.05) is 14.2 Å². The van der Waals surface area contributed by atoms with E-state index >= 15 is 0 Å². The Bertz CT molecular complexity index is 631. The summed E-state index contributed by atoms with van der Waals surface area (Å²) in [5.74, 6) is 0.943. The van der Waals surface area contributed by atoms with Gasteiger partial charge in [0.05, 0.1) is 25.3 Å². The molecule has 0 aliphatic heterocycles. The minimum absolute atomic E-state index is 0.280. The van der Waals surface area contributed by atoms with Crippen molar-refractivity contribution in [2.45, 2.75) is 19.4 Å². The quantitative estimate of drug-likeness (QED) is 0.938. The highest BCUT2D eigenvalue weighted by Gasteiger charge is 2.31. The highest BCUT2D eigenvalue weighted by molar-refractivity contribution is 5.53. The molecule has 2 aromatic rings. The average Bonchev–Trinajstić information content (AvgIpc) is 2.48. The fourth-order valence-corrected chi connectivity index (χ4v) is 2.42. The van der Waals surface area contributed by atoms with E-state index in [9.17, 15) is 4.39 Å². The van der Waals surface area contributed by atoms with Crippen LogP contribution in [0.3, 0.4) is 0 Å². The third-order valence-electron chi connectivity index (χ3n) is 3.72. The van der Waals surface area contributed by atoms with Crippen LogP contribution in [-0.4, -0.2) is 14.2 Å². The van der Waals surface area contributed by atoms with E-state index in [-0.39, 0.29) is 5.82 Å². The molecular weight excluding hydrogens is 269 g/mol. The van der Waals surface area contributed by atoms with Crippen LogP contribution in [0.15, 0.2) is 36.4 Å². The first-order valence-electron chi connectivity index (χ1n) is 6.68. The monoisotopic (exact) mass is 289 g/mol. The van der Waals surface area contributed by atoms with Crippen LogP contribution in [0.25, 0.3) is 0 Å². The molecule has 0 saturated heterocycles. The lowest BCUT2D eigenvalue weighted by Crippen LogP contribution is -2.35. The zero-order valence-electron chi connectivity index (χ0n) is 12.7. The SMILES string of the molecule is COc1cccc(OC)c1C(C)(N)c1ccc(C)c(F)c1. The molecule has 21 heavy (non-hydrogen) atoms. The summed E-state index contributed by atoms with van der Waals surface area (Å²) in [5.41, 5.74) is 7.50. The van der Waals surface area contributed by atoms with Gasteiger partial charge in [0.2, 0.25) is 0 Å². The Kier molecular flexibility index (Phi) is 4.19. The van der Waals surface area contributed by atoms with Gasteiger partial charge in [-0.1, -0.05) is 18.2 Å². The van der Waals surface area contributed by atoms with Crippen molar-refractivity contribution >= 4 is 0 Å². The van der Waals surface area contributed by atoms with Crippen LogP contribution in [0.5, 0.6) is 11.5 Å². The van der Waals surface area contributed by atoms with Crippen molar-refractivity contribution in [3.8, 4) is 11.5 Å². The molecule has 0 fully saturated rings. The zero-order valence-corrected chi connectivity index (χ0v) is 12.7. The maximum absolute atomic E-state index is 13.9. The Morgan fingerprint density at radius 3 is 2.10 bits per heavy atom. The maximum atomic E-state index is 13.9. The first-order chi connectivity index (χ1) is 9.91. The van der Waals surface area contributed by atoms with Gasteiger partial charge in [0, 0.05) is 0 Å². The molecule has 2 aromatic carbocycles. The van der Waals surface area contributed by atoms with E-state index in [0.29, 0.717) is 28.2 Å². The topological polar surface area (TPSA) is 44.5 Å². The van der Waals surface area contributed by atoms with Gasteiger partial charge in [-0.25, -0.2) is 4.39 Å². The summed E-state index contributed by atoms with van der Waals surface area (Å²) in [6.45, 7) is 3.54. The molecule has 1 atom stereocenters. The summed E-state index contributed by atoms with van der Waals surface area (Å²) in [6.07, 6.45) is 0. The minimum Gasteiger partial charge on any atom is -0.496 e. The maximum Gasteiger partial charge on any atom is 0.127 e. The number of ether oxygens (including phenoxy) is 2. The van der Waals surface area contributed by atoms with Crippen LogP contribution < -0.4 is 15.2 Å². The number of hydrogen-bond acceptors (Lipinski definition) is 3. The summed E-state index contributed by atoms with van der Waals surface area (Å²) in [7, 11) is 3.15. The van der Waals surface area contributed by atoms with Crippen molar-refractivity contribution in [3.63, 3.8) is 0 Å². The molecule has 0 aromatic heterocycles. The van der Waals surface area contributed by atoms with Crippen molar-refractivity contribution < 1.29 is 13.9 Å². The van der Waals surface area contributed by atoms with Crippen LogP contribution in [0.2, 0.25) is 0 Å². The molecule has 0 saturated carbocycles. The fourth-order valence-electron chi connectivity index (χ4n) is 2.42. The van der Waals surface area contributed by atoms with E-state index in [1.54, 1.807) is 27.2 Å². The molecule has 0 amide bonds. The lowest BCUT2D eigenvalue weighted by Gasteiger charge is -2.29. The molecule has 0 radical (unpaired) electrons. The van der Waals surface area contributed by atoms with Gasteiger partial charge in [0.25, 0.3) is 0 Å². The summed E-state index contributed by atoms with van der Waals surface area (Å²) in [5, 5.41) is 0. The van der Waals surface area contributed by atoms with E-state index in [1.165, 1.54) is 6.07 Å². The molecule has 2 N–H and O–H groups in total. The molecule has 0 aliphatic carbocycles. The lowest BCUT2D eigenvalue weighted by atomic mass is 9.84. The van der Waals surface area contributed by atoms with E-state index < -0.39 is 5.54 Å². The molecule has 1 unspecified atom stereocenters. The summed E-state index contributed by atoms with van der Waals surface area (Å²) < 4.78 is 24.7. The molecule has 0 aliphatic rings. The molecule has 0 heterocycles. The van der Waals surface area contributed by atoms with Gasteiger partial charge < -0.3 is 15.2 Å². The lowest BCUT2D eigenvalue weighted by molar-refractivity contribution is 0.369. The van der Waals surface area contributed by atoms with Gasteiger partial charge in [-0.3, -0.25) is 0 Å². The molecule has 112 valence electrons. The van der Waals surface area contributed by atoms with E-state index in [1.807, 2.05) is 31.2 Å². The van der Waals surface area contributed by atoms with E-state index in [4.69, 9.17) is 15.2 Å². The van der Waals surface area contributed by atoms with Crippen LogP contribution in [0.1, 0.15) is 23.6 Å².